The summed E-state index contributed by atoms with van der Waals surface area (Å²) in [7, 11) is -1.73. The van der Waals surface area contributed by atoms with Crippen molar-refractivity contribution in [2.45, 2.75) is 84.7 Å². The zero-order valence-corrected chi connectivity index (χ0v) is 15.7. The molecule has 20 heavy (non-hydrogen) atoms. The lowest BCUT2D eigenvalue weighted by Gasteiger charge is -2.38. The molecule has 1 unspecified atom stereocenters. The van der Waals surface area contributed by atoms with Crippen LogP contribution in [-0.4, -0.2) is 26.0 Å². The maximum atomic E-state index is 11.5. The molecule has 0 aromatic carbocycles. The molecule has 0 fully saturated rings. The molecule has 0 aliphatic rings. The summed E-state index contributed by atoms with van der Waals surface area (Å²) in [6, 6.07) is 0. The number of hydrogen-bond acceptors (Lipinski definition) is 3. The van der Waals surface area contributed by atoms with Gasteiger partial charge in [0.2, 0.25) is 0 Å². The second-order valence-corrected chi connectivity index (χ2v) is 12.6. The van der Waals surface area contributed by atoms with E-state index in [0.29, 0.717) is 0 Å². The Bertz CT molecular complexity index is 346. The molecule has 0 aliphatic carbocycles. The minimum Gasteiger partial charge on any atom is -0.457 e. The van der Waals surface area contributed by atoms with Gasteiger partial charge in [-0.3, -0.25) is 0 Å². The van der Waals surface area contributed by atoms with E-state index in [9.17, 15) is 4.79 Å². The molecule has 0 aromatic rings. The highest BCUT2D eigenvalue weighted by atomic mass is 28.4. The molecule has 0 amide bonds. The Balaban J connectivity index is 4.31. The first-order valence-electron chi connectivity index (χ1n) is 7.32. The van der Waals surface area contributed by atoms with Gasteiger partial charge in [0.1, 0.15) is 5.60 Å². The fraction of sp³-hybridized carbons (Fsp3) is 0.812. The number of rotatable bonds is 5. The van der Waals surface area contributed by atoms with E-state index >= 15 is 0 Å². The summed E-state index contributed by atoms with van der Waals surface area (Å²) in [6.07, 6.45) is 4.18. The van der Waals surface area contributed by atoms with E-state index < -0.39 is 13.9 Å². The zero-order chi connectivity index (χ0) is 16.2. The lowest BCUT2D eigenvalue weighted by Crippen LogP contribution is -2.43. The largest absolute Gasteiger partial charge is 0.457 e. The van der Waals surface area contributed by atoms with Gasteiger partial charge in [-0.25, -0.2) is 4.79 Å². The molecule has 1 atom stereocenters. The van der Waals surface area contributed by atoms with Crippen LogP contribution in [0.4, 0.5) is 0 Å². The van der Waals surface area contributed by atoms with Crippen molar-refractivity contribution in [1.82, 2.24) is 0 Å². The lowest BCUT2D eigenvalue weighted by atomic mass is 10.2. The quantitative estimate of drug-likeness (QED) is 0.420. The first-order chi connectivity index (χ1) is 8.74. The number of esters is 1. The van der Waals surface area contributed by atoms with Crippen molar-refractivity contribution < 1.29 is 14.0 Å². The number of carbonyl (C=O) groups excluding carboxylic acids is 1. The Morgan fingerprint density at radius 2 is 1.65 bits per heavy atom. The zero-order valence-electron chi connectivity index (χ0n) is 14.7. The molecule has 0 saturated heterocycles. The van der Waals surface area contributed by atoms with E-state index in [1.165, 1.54) is 6.08 Å². The van der Waals surface area contributed by atoms with Crippen molar-refractivity contribution in [3.05, 3.63) is 12.2 Å². The Morgan fingerprint density at radius 3 is 2.05 bits per heavy atom. The Labute approximate surface area is 125 Å². The van der Waals surface area contributed by atoms with E-state index in [2.05, 4.69) is 40.8 Å². The smallest absolute Gasteiger partial charge is 0.330 e. The molecule has 0 saturated carbocycles. The van der Waals surface area contributed by atoms with Crippen LogP contribution in [0.3, 0.4) is 0 Å². The summed E-state index contributed by atoms with van der Waals surface area (Å²) < 4.78 is 11.4. The summed E-state index contributed by atoms with van der Waals surface area (Å²) in [4.78, 5) is 11.5. The predicted molar refractivity (Wildman–Crippen MR) is 87.3 cm³/mol. The van der Waals surface area contributed by atoms with Crippen LogP contribution >= 0.6 is 0 Å². The van der Waals surface area contributed by atoms with Crippen molar-refractivity contribution in [2.24, 2.45) is 0 Å². The van der Waals surface area contributed by atoms with Crippen LogP contribution in [0.1, 0.15) is 54.9 Å². The van der Waals surface area contributed by atoms with Crippen molar-refractivity contribution in [3.8, 4) is 0 Å². The summed E-state index contributed by atoms with van der Waals surface area (Å²) >= 11 is 0. The molecular formula is C16H32O3Si. The second kappa shape index (κ2) is 6.90. The second-order valence-electron chi connectivity index (χ2n) is 7.86. The minimum atomic E-state index is -1.73. The van der Waals surface area contributed by atoms with Crippen molar-refractivity contribution >= 4 is 14.3 Å². The maximum absolute atomic E-state index is 11.5. The molecule has 0 aromatic heterocycles. The van der Waals surface area contributed by atoms with Crippen molar-refractivity contribution in [3.63, 3.8) is 0 Å². The van der Waals surface area contributed by atoms with Gasteiger partial charge in [0.05, 0.1) is 0 Å². The molecule has 118 valence electrons. The van der Waals surface area contributed by atoms with E-state index in [1.807, 2.05) is 26.8 Å². The van der Waals surface area contributed by atoms with Crippen LogP contribution in [-0.2, 0) is 14.0 Å². The fourth-order valence-electron chi connectivity index (χ4n) is 1.42. The molecule has 0 aliphatic heterocycles. The average Bonchev–Trinajstić information content (AvgIpc) is 2.11. The summed E-state index contributed by atoms with van der Waals surface area (Å²) in [5.41, 5.74) is -0.440. The van der Waals surface area contributed by atoms with Crippen LogP contribution in [0.2, 0.25) is 18.1 Å². The molecule has 3 nitrogen and oxygen atoms in total. The Hall–Kier alpha value is -0.613. The highest BCUT2D eigenvalue weighted by molar-refractivity contribution is 6.74. The molecule has 0 rings (SSSR count). The number of ether oxygens (including phenoxy) is 1. The molecule has 0 N–H and O–H groups in total. The van der Waals surface area contributed by atoms with Crippen LogP contribution < -0.4 is 0 Å². The molecular weight excluding hydrogens is 268 g/mol. The highest BCUT2D eigenvalue weighted by Gasteiger charge is 2.38. The third kappa shape index (κ3) is 7.85. The Morgan fingerprint density at radius 1 is 1.15 bits per heavy atom. The van der Waals surface area contributed by atoms with Gasteiger partial charge >= 0.3 is 5.97 Å². The SMILES string of the molecule is CC(CC=CC(=O)OC(C)(C)C)O[Si](C)(C)C(C)(C)C. The number of carbonyl (C=O) groups is 1. The standard InChI is InChI=1S/C16H32O3Si/c1-13(19-20(8,9)16(5,6)7)11-10-12-14(17)18-15(2,3)4/h10,12-13H,11H2,1-9H3. The summed E-state index contributed by atoms with van der Waals surface area (Å²) in [5.74, 6) is -0.294. The van der Waals surface area contributed by atoms with Crippen molar-refractivity contribution in [2.75, 3.05) is 0 Å². The number of hydrogen-bond donors (Lipinski definition) is 0. The fourth-order valence-corrected chi connectivity index (χ4v) is 2.88. The van der Waals surface area contributed by atoms with Crippen molar-refractivity contribution in [1.29, 1.82) is 0 Å². The summed E-state index contributed by atoms with van der Waals surface area (Å²) in [6.45, 7) is 18.8. The third-order valence-corrected chi connectivity index (χ3v) is 8.03. The molecule has 4 heteroatoms. The summed E-state index contributed by atoms with van der Waals surface area (Å²) in [5, 5.41) is 0.205. The van der Waals surface area contributed by atoms with Gasteiger partial charge in [-0.05, 0) is 52.2 Å². The van der Waals surface area contributed by atoms with Crippen LogP contribution in [0.15, 0.2) is 12.2 Å². The van der Waals surface area contributed by atoms with Gasteiger partial charge in [0.25, 0.3) is 0 Å². The predicted octanol–water partition coefficient (Wildman–Crippen LogP) is 4.68. The third-order valence-electron chi connectivity index (χ3n) is 3.43. The Kier molecular flexibility index (Phi) is 6.69. The maximum Gasteiger partial charge on any atom is 0.330 e. The first kappa shape index (κ1) is 19.4. The van der Waals surface area contributed by atoms with Crippen LogP contribution in [0.25, 0.3) is 0 Å². The van der Waals surface area contributed by atoms with E-state index in [1.54, 1.807) is 0 Å². The highest BCUT2D eigenvalue weighted by Crippen LogP contribution is 2.37. The lowest BCUT2D eigenvalue weighted by molar-refractivity contribution is -0.148. The van der Waals surface area contributed by atoms with E-state index in [-0.39, 0.29) is 17.1 Å². The average molecular weight is 301 g/mol. The minimum absolute atomic E-state index is 0.120. The molecule has 0 heterocycles. The van der Waals surface area contributed by atoms with Gasteiger partial charge in [0.15, 0.2) is 8.32 Å². The molecule has 0 bridgehead atoms. The normalized spacial score (nSPS) is 15.4. The van der Waals surface area contributed by atoms with Gasteiger partial charge in [-0.2, -0.15) is 0 Å². The monoisotopic (exact) mass is 300 g/mol. The van der Waals surface area contributed by atoms with E-state index in [0.717, 1.165) is 6.42 Å². The molecule has 0 radical (unpaired) electrons. The molecule has 0 spiro atoms. The van der Waals surface area contributed by atoms with Gasteiger partial charge in [-0.1, -0.05) is 26.8 Å². The van der Waals surface area contributed by atoms with Gasteiger partial charge in [-0.15, -0.1) is 0 Å². The first-order valence-corrected chi connectivity index (χ1v) is 10.2. The topological polar surface area (TPSA) is 35.5 Å². The van der Waals surface area contributed by atoms with Crippen LogP contribution in [0.5, 0.6) is 0 Å². The van der Waals surface area contributed by atoms with Crippen LogP contribution in [0, 0.1) is 0 Å². The van der Waals surface area contributed by atoms with Gasteiger partial charge < -0.3 is 9.16 Å². The van der Waals surface area contributed by atoms with E-state index in [4.69, 9.17) is 9.16 Å². The van der Waals surface area contributed by atoms with Gasteiger partial charge in [0, 0.05) is 12.2 Å².